The molecule has 14 heteroatoms. The van der Waals surface area contributed by atoms with E-state index >= 15 is 0 Å². The highest BCUT2D eigenvalue weighted by atomic mass is 32.2. The zero-order valence-electron chi connectivity index (χ0n) is 32.3. The second kappa shape index (κ2) is 19.1. The Balaban J connectivity index is 1.43. The highest BCUT2D eigenvalue weighted by Crippen LogP contribution is 2.48. The molecule has 13 nitrogen and oxygen atoms in total. The molecule has 5 aromatic rings. The van der Waals surface area contributed by atoms with Crippen molar-refractivity contribution in [1.29, 1.82) is 0 Å². The van der Waals surface area contributed by atoms with E-state index in [0.717, 1.165) is 26.8 Å². The van der Waals surface area contributed by atoms with E-state index in [2.05, 4.69) is 0 Å². The number of hydrogen-bond donors (Lipinski definition) is 0. The van der Waals surface area contributed by atoms with Crippen LogP contribution in [0.4, 0.5) is 0 Å². The molecule has 1 aliphatic rings. The molecule has 57 heavy (non-hydrogen) atoms. The molecule has 0 radical (unpaired) electrons. The Morgan fingerprint density at radius 2 is 1.30 bits per heavy atom. The van der Waals surface area contributed by atoms with Crippen molar-refractivity contribution in [2.75, 3.05) is 33.7 Å². The van der Waals surface area contributed by atoms with Crippen LogP contribution in [0.3, 0.4) is 0 Å². The van der Waals surface area contributed by atoms with Gasteiger partial charge in [0.15, 0.2) is 0 Å². The monoisotopic (exact) mass is 800 g/mol. The minimum Gasteiger partial charge on any atom is -0.374 e. The Morgan fingerprint density at radius 1 is 0.719 bits per heavy atom. The van der Waals surface area contributed by atoms with Crippen LogP contribution in [0.25, 0.3) is 0 Å². The Morgan fingerprint density at radius 3 is 1.89 bits per heavy atom. The molecule has 6 rings (SSSR count). The van der Waals surface area contributed by atoms with Gasteiger partial charge in [0.25, 0.3) is 15.7 Å². The first-order chi connectivity index (χ1) is 27.5. The number of benzene rings is 4. The molecule has 0 N–H and O–H groups in total. The lowest BCUT2D eigenvalue weighted by atomic mass is 9.83. The van der Waals surface area contributed by atoms with Crippen molar-refractivity contribution in [2.45, 2.75) is 69.1 Å². The van der Waals surface area contributed by atoms with E-state index in [1.54, 1.807) is 19.1 Å². The lowest BCUT2D eigenvalue weighted by Gasteiger charge is -2.43. The predicted octanol–water partition coefficient (Wildman–Crippen LogP) is 5.66. The van der Waals surface area contributed by atoms with Crippen LogP contribution in [0.1, 0.15) is 40.5 Å². The van der Waals surface area contributed by atoms with Crippen molar-refractivity contribution in [2.24, 2.45) is 0 Å². The van der Waals surface area contributed by atoms with Crippen molar-refractivity contribution in [1.82, 2.24) is 9.13 Å². The molecule has 3 atom stereocenters. The molecule has 302 valence electrons. The van der Waals surface area contributed by atoms with Crippen molar-refractivity contribution in [3.8, 4) is 0 Å². The Bertz CT molecular complexity index is 2270. The molecule has 0 bridgehead atoms. The van der Waals surface area contributed by atoms with Crippen LogP contribution in [0, 0.1) is 13.8 Å². The van der Waals surface area contributed by atoms with Crippen LogP contribution in [-0.2, 0) is 69.3 Å². The molecule has 2 heterocycles. The molecule has 0 spiro atoms. The van der Waals surface area contributed by atoms with Gasteiger partial charge in [-0.05, 0) is 42.7 Å². The number of aryl methyl sites for hydroxylation is 2. The zero-order valence-corrected chi connectivity index (χ0v) is 33.1. The summed E-state index contributed by atoms with van der Waals surface area (Å²) in [4.78, 5) is 27.6. The molecule has 1 aromatic heterocycles. The van der Waals surface area contributed by atoms with Gasteiger partial charge in [-0.25, -0.2) is 9.36 Å². The fourth-order valence-corrected chi connectivity index (χ4v) is 7.63. The molecule has 0 unspecified atom stereocenters. The van der Waals surface area contributed by atoms with Crippen molar-refractivity contribution in [3.05, 3.63) is 170 Å². The predicted molar refractivity (Wildman–Crippen MR) is 211 cm³/mol. The summed E-state index contributed by atoms with van der Waals surface area (Å²) in [5, 5.41) is 0. The van der Waals surface area contributed by atoms with E-state index in [1.807, 2.05) is 97.9 Å². The lowest BCUT2D eigenvalue weighted by Crippen LogP contribution is -2.61. The van der Waals surface area contributed by atoms with E-state index in [9.17, 15) is 18.0 Å². The van der Waals surface area contributed by atoms with Gasteiger partial charge in [-0.1, -0.05) is 109 Å². The standard InChI is InChI=1S/C43H48N2O11S/c1-33-19-21-38(22-20-33)57(48,49)55-30-43(29-51-25-35-13-7-4-8-14-35)42(28-53-32-50-3,54-27-37-17-11-6-12-18-37)23-39(56-43)44-24-34(2)40(46)45(41(44)47)31-52-26-36-15-9-5-10-16-36/h4-22,24,39H,23,25-32H2,1-3H3/t39-,42-,43+/m1/s1. The molecule has 0 aliphatic carbocycles. The largest absolute Gasteiger partial charge is 0.374 e. The van der Waals surface area contributed by atoms with Crippen LogP contribution in [-0.4, -0.2) is 62.5 Å². The molecule has 1 fully saturated rings. The topological polar surface area (TPSA) is 143 Å². The number of methoxy groups -OCH3 is 1. The maximum absolute atomic E-state index is 14.3. The smallest absolute Gasteiger partial charge is 0.335 e. The SMILES string of the molecule is COCOC[C@]1(OCc2ccccc2)C[C@H](n2cc(C)c(=O)n(COCc3ccccc3)c2=O)O[C@@]1(COCc1ccccc1)COS(=O)(=O)c1ccc(C)cc1. The number of nitrogens with zero attached hydrogens (tertiary/aromatic N) is 2. The number of ether oxygens (including phenoxy) is 6. The molecule has 0 saturated carbocycles. The number of hydrogen-bond acceptors (Lipinski definition) is 11. The average Bonchev–Trinajstić information content (AvgIpc) is 3.54. The summed E-state index contributed by atoms with van der Waals surface area (Å²) in [5.41, 5.74) is -0.812. The van der Waals surface area contributed by atoms with Crippen LogP contribution in [0.5, 0.6) is 0 Å². The van der Waals surface area contributed by atoms with Crippen LogP contribution in [0.15, 0.2) is 136 Å². The van der Waals surface area contributed by atoms with Gasteiger partial charge in [-0.3, -0.25) is 13.5 Å². The Hall–Kier alpha value is -4.77. The molecule has 0 amide bonds. The van der Waals surface area contributed by atoms with Crippen LogP contribution in [0.2, 0.25) is 0 Å². The van der Waals surface area contributed by atoms with Gasteiger partial charge >= 0.3 is 5.69 Å². The van der Waals surface area contributed by atoms with Gasteiger partial charge < -0.3 is 28.4 Å². The van der Waals surface area contributed by atoms with Crippen molar-refractivity contribution < 1.29 is 41.0 Å². The summed E-state index contributed by atoms with van der Waals surface area (Å²) in [6.07, 6.45) is 0.255. The zero-order chi connectivity index (χ0) is 40.3. The van der Waals surface area contributed by atoms with E-state index in [4.69, 9.17) is 32.6 Å². The fourth-order valence-electron chi connectivity index (χ4n) is 6.67. The lowest BCUT2D eigenvalue weighted by molar-refractivity contribution is -0.233. The normalized spacial score (nSPS) is 19.5. The van der Waals surface area contributed by atoms with Gasteiger partial charge in [-0.15, -0.1) is 0 Å². The van der Waals surface area contributed by atoms with Crippen molar-refractivity contribution in [3.63, 3.8) is 0 Å². The minimum atomic E-state index is -4.35. The first kappa shape index (κ1) is 41.9. The second-order valence-corrected chi connectivity index (χ2v) is 15.6. The molecular formula is C43H48N2O11S. The van der Waals surface area contributed by atoms with E-state index < -0.39 is 45.4 Å². The number of rotatable bonds is 20. The van der Waals surface area contributed by atoms with Gasteiger partial charge in [0.05, 0.1) is 37.9 Å². The molecule has 4 aromatic carbocycles. The van der Waals surface area contributed by atoms with E-state index in [1.165, 1.54) is 30.0 Å². The molecular weight excluding hydrogens is 753 g/mol. The average molecular weight is 801 g/mol. The molecule has 1 saturated heterocycles. The third-order valence-corrected chi connectivity index (χ3v) is 11.1. The summed E-state index contributed by atoms with van der Waals surface area (Å²) in [6, 6.07) is 34.5. The third-order valence-electron chi connectivity index (χ3n) is 9.80. The molecule has 1 aliphatic heterocycles. The van der Waals surface area contributed by atoms with Gasteiger partial charge in [-0.2, -0.15) is 8.42 Å². The highest BCUT2D eigenvalue weighted by molar-refractivity contribution is 7.86. The van der Waals surface area contributed by atoms with E-state index in [-0.39, 0.29) is 63.4 Å². The van der Waals surface area contributed by atoms with Crippen molar-refractivity contribution >= 4 is 10.1 Å². The van der Waals surface area contributed by atoms with Gasteiger partial charge in [0.2, 0.25) is 0 Å². The summed E-state index contributed by atoms with van der Waals surface area (Å²) in [7, 11) is -2.88. The maximum Gasteiger partial charge on any atom is 0.335 e. The van der Waals surface area contributed by atoms with Crippen LogP contribution >= 0.6 is 0 Å². The fraction of sp³-hybridized carbons (Fsp3) is 0.349. The van der Waals surface area contributed by atoms with Crippen LogP contribution < -0.4 is 11.2 Å². The quantitative estimate of drug-likeness (QED) is 0.0547. The second-order valence-electron chi connectivity index (χ2n) is 14.0. The Kier molecular flexibility index (Phi) is 14.0. The third kappa shape index (κ3) is 10.2. The Labute approximate surface area is 332 Å². The summed E-state index contributed by atoms with van der Waals surface area (Å²) in [6.45, 7) is 2.33. The highest BCUT2D eigenvalue weighted by Gasteiger charge is 2.63. The van der Waals surface area contributed by atoms with Gasteiger partial charge in [0.1, 0.15) is 37.6 Å². The summed E-state index contributed by atoms with van der Waals surface area (Å²) >= 11 is 0. The minimum absolute atomic E-state index is 0.0470. The first-order valence-electron chi connectivity index (χ1n) is 18.5. The number of aromatic nitrogens is 2. The van der Waals surface area contributed by atoms with Gasteiger partial charge in [0, 0.05) is 25.3 Å². The summed E-state index contributed by atoms with van der Waals surface area (Å²) in [5.74, 6) is 0. The first-order valence-corrected chi connectivity index (χ1v) is 19.9. The van der Waals surface area contributed by atoms with E-state index in [0.29, 0.717) is 0 Å². The summed E-state index contributed by atoms with van der Waals surface area (Å²) < 4.78 is 73.0. The maximum atomic E-state index is 14.3.